The van der Waals surface area contributed by atoms with Crippen LogP contribution < -0.4 is 5.32 Å². The van der Waals surface area contributed by atoms with Gasteiger partial charge in [-0.1, -0.05) is 35.2 Å². The van der Waals surface area contributed by atoms with Gasteiger partial charge in [0.05, 0.1) is 11.4 Å². The summed E-state index contributed by atoms with van der Waals surface area (Å²) < 4.78 is 1.64. The van der Waals surface area contributed by atoms with Gasteiger partial charge in [-0.05, 0) is 43.3 Å². The third-order valence-electron chi connectivity index (χ3n) is 4.12. The maximum Gasteiger partial charge on any atom is 0.234 e. The van der Waals surface area contributed by atoms with Crippen LogP contribution in [0, 0.1) is 0 Å². The van der Waals surface area contributed by atoms with E-state index in [2.05, 4.69) is 25.6 Å². The average molecular weight is 404 g/mol. The van der Waals surface area contributed by atoms with Crippen LogP contribution in [-0.4, -0.2) is 42.4 Å². The van der Waals surface area contributed by atoms with E-state index in [-0.39, 0.29) is 17.4 Å². The molecule has 4 rings (SSSR count). The molecule has 4 aromatic rings. The van der Waals surface area contributed by atoms with Gasteiger partial charge in [0.15, 0.2) is 16.9 Å². The number of thioether (sulfide) groups is 1. The molecule has 0 fully saturated rings. The molecule has 0 aliphatic rings. The third-order valence-corrected chi connectivity index (χ3v) is 5.10. The molecule has 0 unspecified atom stereocenters. The number of rotatable bonds is 6. The minimum atomic E-state index is -0.187. The van der Waals surface area contributed by atoms with Crippen LogP contribution in [0.3, 0.4) is 0 Å². The van der Waals surface area contributed by atoms with Crippen molar-refractivity contribution in [2.75, 3.05) is 11.1 Å². The average Bonchev–Trinajstić information content (AvgIpc) is 3.18. The Balaban J connectivity index is 1.46. The highest BCUT2D eigenvalue weighted by molar-refractivity contribution is 8.00. The minimum absolute atomic E-state index is 0.0187. The molecule has 0 aliphatic carbocycles. The number of nitrogens with one attached hydrogen (secondary N) is 1. The Morgan fingerprint density at radius 1 is 1.03 bits per heavy atom. The van der Waals surface area contributed by atoms with Crippen LogP contribution in [0.15, 0.2) is 66.0 Å². The Morgan fingerprint density at radius 3 is 2.52 bits per heavy atom. The second kappa shape index (κ2) is 8.19. The Hall–Kier alpha value is -3.59. The van der Waals surface area contributed by atoms with Crippen molar-refractivity contribution in [2.24, 2.45) is 0 Å². The molecule has 0 bridgehead atoms. The van der Waals surface area contributed by atoms with Crippen molar-refractivity contribution in [3.63, 3.8) is 0 Å². The smallest absolute Gasteiger partial charge is 0.234 e. The summed E-state index contributed by atoms with van der Waals surface area (Å²) >= 11 is 1.26. The van der Waals surface area contributed by atoms with E-state index in [1.54, 1.807) is 28.9 Å². The van der Waals surface area contributed by atoms with Crippen LogP contribution in [0.1, 0.15) is 17.3 Å². The molecule has 0 saturated carbocycles. The highest BCUT2D eigenvalue weighted by Crippen LogP contribution is 2.24. The minimum Gasteiger partial charge on any atom is -0.325 e. The van der Waals surface area contributed by atoms with E-state index in [4.69, 9.17) is 0 Å². The van der Waals surface area contributed by atoms with Crippen LogP contribution >= 0.6 is 11.8 Å². The van der Waals surface area contributed by atoms with E-state index < -0.39 is 0 Å². The molecule has 2 aromatic carbocycles. The number of benzene rings is 2. The number of ketones is 1. The zero-order valence-corrected chi connectivity index (χ0v) is 16.3. The first kappa shape index (κ1) is 18.8. The predicted octanol–water partition coefficient (Wildman–Crippen LogP) is 3.14. The molecule has 0 atom stereocenters. The van der Waals surface area contributed by atoms with Crippen LogP contribution in [0.4, 0.5) is 5.69 Å². The molecule has 1 N–H and O–H groups in total. The third kappa shape index (κ3) is 4.14. The highest BCUT2D eigenvalue weighted by atomic mass is 32.2. The van der Waals surface area contributed by atoms with Crippen molar-refractivity contribution >= 4 is 40.3 Å². The number of nitrogens with zero attached hydrogens (tertiary/aromatic N) is 5. The normalized spacial score (nSPS) is 10.8. The summed E-state index contributed by atoms with van der Waals surface area (Å²) in [6.45, 7) is 1.50. The van der Waals surface area contributed by atoms with E-state index in [0.29, 0.717) is 27.4 Å². The molecule has 0 aliphatic heterocycles. The second-order valence-corrected chi connectivity index (χ2v) is 7.12. The second-order valence-electron chi connectivity index (χ2n) is 6.16. The van der Waals surface area contributed by atoms with Crippen molar-refractivity contribution in [2.45, 2.75) is 11.9 Å². The Bertz CT molecular complexity index is 1170. The molecule has 0 saturated heterocycles. The SMILES string of the molecule is CC(=O)c1ccc(NC(=O)CSc2ncnc3c2nnn3-c2ccccc2)cc1. The molecule has 2 heterocycles. The quantitative estimate of drug-likeness (QED) is 0.299. The number of anilines is 1. The Kier molecular flexibility index (Phi) is 5.30. The van der Waals surface area contributed by atoms with E-state index >= 15 is 0 Å². The summed E-state index contributed by atoms with van der Waals surface area (Å²) in [5.41, 5.74) is 3.19. The van der Waals surface area contributed by atoms with Gasteiger partial charge in [-0.3, -0.25) is 9.59 Å². The van der Waals surface area contributed by atoms with Gasteiger partial charge in [-0.25, -0.2) is 9.97 Å². The van der Waals surface area contributed by atoms with Crippen molar-refractivity contribution in [3.8, 4) is 5.69 Å². The predicted molar refractivity (Wildman–Crippen MR) is 110 cm³/mol. The lowest BCUT2D eigenvalue weighted by molar-refractivity contribution is -0.113. The summed E-state index contributed by atoms with van der Waals surface area (Å²) in [6.07, 6.45) is 1.44. The largest absolute Gasteiger partial charge is 0.325 e. The lowest BCUT2D eigenvalue weighted by atomic mass is 10.1. The zero-order chi connectivity index (χ0) is 20.2. The van der Waals surface area contributed by atoms with Gasteiger partial charge < -0.3 is 5.32 Å². The molecule has 2 aromatic heterocycles. The fourth-order valence-corrected chi connectivity index (χ4v) is 3.43. The van der Waals surface area contributed by atoms with Gasteiger partial charge in [-0.15, -0.1) is 5.10 Å². The Labute approximate surface area is 170 Å². The number of carbonyl (C=O) groups excluding carboxylic acids is 2. The topological polar surface area (TPSA) is 103 Å². The molecule has 9 heteroatoms. The van der Waals surface area contributed by atoms with Gasteiger partial charge >= 0.3 is 0 Å². The van der Waals surface area contributed by atoms with Crippen LogP contribution in [0.5, 0.6) is 0 Å². The number of amides is 1. The fraction of sp³-hybridized carbons (Fsp3) is 0.100. The summed E-state index contributed by atoms with van der Waals surface area (Å²) in [5.74, 6) is -0.0544. The summed E-state index contributed by atoms with van der Waals surface area (Å²) in [4.78, 5) is 32.1. The zero-order valence-electron chi connectivity index (χ0n) is 15.4. The molecule has 144 valence electrons. The maximum absolute atomic E-state index is 12.3. The van der Waals surface area contributed by atoms with Crippen LogP contribution in [0.2, 0.25) is 0 Å². The van der Waals surface area contributed by atoms with Crippen molar-refractivity contribution < 1.29 is 9.59 Å². The van der Waals surface area contributed by atoms with E-state index in [1.807, 2.05) is 30.3 Å². The van der Waals surface area contributed by atoms with E-state index in [9.17, 15) is 9.59 Å². The summed E-state index contributed by atoms with van der Waals surface area (Å²) in [7, 11) is 0. The van der Waals surface area contributed by atoms with Crippen molar-refractivity contribution in [3.05, 3.63) is 66.5 Å². The highest BCUT2D eigenvalue weighted by Gasteiger charge is 2.14. The number of Topliss-reactive ketones (excluding diaryl/α,β-unsaturated/α-hetero) is 1. The fourth-order valence-electron chi connectivity index (χ4n) is 2.70. The van der Waals surface area contributed by atoms with Crippen molar-refractivity contribution in [1.82, 2.24) is 25.0 Å². The van der Waals surface area contributed by atoms with Crippen LogP contribution in [-0.2, 0) is 4.79 Å². The molecular weight excluding hydrogens is 388 g/mol. The number of hydrogen-bond acceptors (Lipinski definition) is 7. The lowest BCUT2D eigenvalue weighted by Gasteiger charge is -2.06. The first-order chi connectivity index (χ1) is 14.1. The monoisotopic (exact) mass is 404 g/mol. The molecular formula is C20H16N6O2S. The van der Waals surface area contributed by atoms with Gasteiger partial charge in [0.2, 0.25) is 5.91 Å². The molecule has 0 radical (unpaired) electrons. The Morgan fingerprint density at radius 2 is 1.79 bits per heavy atom. The number of carbonyl (C=O) groups is 2. The van der Waals surface area contributed by atoms with E-state index in [1.165, 1.54) is 25.0 Å². The number of fused-ring (bicyclic) bond motifs is 1. The summed E-state index contributed by atoms with van der Waals surface area (Å²) in [6, 6.07) is 16.3. The van der Waals surface area contributed by atoms with E-state index in [0.717, 1.165) is 5.69 Å². The van der Waals surface area contributed by atoms with Crippen LogP contribution in [0.25, 0.3) is 16.9 Å². The molecule has 0 spiro atoms. The van der Waals surface area contributed by atoms with Gasteiger partial charge in [0, 0.05) is 11.3 Å². The molecule has 29 heavy (non-hydrogen) atoms. The first-order valence-corrected chi connectivity index (χ1v) is 9.76. The maximum atomic E-state index is 12.3. The van der Waals surface area contributed by atoms with Crippen molar-refractivity contribution in [1.29, 1.82) is 0 Å². The first-order valence-electron chi connectivity index (χ1n) is 8.77. The van der Waals surface area contributed by atoms with Gasteiger partial charge in [0.25, 0.3) is 0 Å². The van der Waals surface area contributed by atoms with Gasteiger partial charge in [0.1, 0.15) is 11.4 Å². The number of aromatic nitrogens is 5. The number of hydrogen-bond donors (Lipinski definition) is 1. The molecule has 1 amide bonds. The van der Waals surface area contributed by atoms with Gasteiger partial charge in [-0.2, -0.15) is 4.68 Å². The molecule has 8 nitrogen and oxygen atoms in total. The standard InChI is InChI=1S/C20H16N6O2S/c1-13(27)14-7-9-15(10-8-14)23-17(28)11-29-20-18-19(21-12-22-20)26(25-24-18)16-5-3-2-4-6-16/h2-10,12H,11H2,1H3,(H,23,28). The lowest BCUT2D eigenvalue weighted by Crippen LogP contribution is -2.14. The number of para-hydroxylation sites is 1. The summed E-state index contributed by atoms with van der Waals surface area (Å²) in [5, 5.41) is 11.7.